The molecule has 1 aliphatic heterocycles. The summed E-state index contributed by atoms with van der Waals surface area (Å²) >= 11 is 0. The van der Waals surface area contributed by atoms with Crippen LogP contribution < -0.4 is 10.9 Å². The summed E-state index contributed by atoms with van der Waals surface area (Å²) in [4.78, 5) is 48.5. The average molecular weight is 386 g/mol. The zero-order valence-electron chi connectivity index (χ0n) is 16.1. The molecular weight excluding hydrogens is 360 g/mol. The number of rotatable bonds is 7. The topological polar surface area (TPSA) is 113 Å². The molecule has 0 bridgehead atoms. The number of nitrogens with zero attached hydrogens (tertiary/aromatic N) is 4. The van der Waals surface area contributed by atoms with Gasteiger partial charge in [0.2, 0.25) is 5.91 Å². The van der Waals surface area contributed by atoms with Crippen molar-refractivity contribution >= 4 is 11.8 Å². The molecule has 1 saturated heterocycles. The maximum Gasteiger partial charge on any atom is 0.279 e. The van der Waals surface area contributed by atoms with Crippen LogP contribution in [0.1, 0.15) is 42.5 Å². The van der Waals surface area contributed by atoms with Crippen molar-refractivity contribution in [3.63, 3.8) is 0 Å². The van der Waals surface area contributed by atoms with E-state index in [0.717, 1.165) is 25.1 Å². The number of carbonyl (C=O) groups is 2. The Morgan fingerprint density at radius 1 is 1.25 bits per heavy atom. The lowest BCUT2D eigenvalue weighted by Gasteiger charge is -2.31. The van der Waals surface area contributed by atoms with Crippen LogP contribution in [0, 0.1) is 5.92 Å². The lowest BCUT2D eigenvalue weighted by Crippen LogP contribution is -2.43. The molecule has 0 aliphatic carbocycles. The fourth-order valence-electron chi connectivity index (χ4n) is 3.42. The zero-order valence-corrected chi connectivity index (χ0v) is 16.1. The summed E-state index contributed by atoms with van der Waals surface area (Å²) in [6.07, 6.45) is 9.31. The molecule has 0 unspecified atom stereocenters. The minimum atomic E-state index is -0.467. The second-order valence-corrected chi connectivity index (χ2v) is 6.95. The Balaban J connectivity index is 1.39. The van der Waals surface area contributed by atoms with Gasteiger partial charge in [-0.1, -0.05) is 6.92 Å². The predicted octanol–water partition coefficient (Wildman–Crippen LogP) is 0.587. The summed E-state index contributed by atoms with van der Waals surface area (Å²) in [7, 11) is 0. The van der Waals surface area contributed by atoms with Gasteiger partial charge in [0.1, 0.15) is 5.82 Å². The number of H-pyrrole nitrogens is 1. The molecule has 2 aromatic rings. The van der Waals surface area contributed by atoms with Gasteiger partial charge in [-0.05, 0) is 18.8 Å². The van der Waals surface area contributed by atoms with E-state index in [4.69, 9.17) is 0 Å². The van der Waals surface area contributed by atoms with Crippen molar-refractivity contribution in [3.05, 3.63) is 46.7 Å². The third-order valence-corrected chi connectivity index (χ3v) is 5.10. The number of amides is 2. The summed E-state index contributed by atoms with van der Waals surface area (Å²) in [5.74, 6) is 0.997. The lowest BCUT2D eigenvalue weighted by molar-refractivity contribution is -0.121. The van der Waals surface area contributed by atoms with Gasteiger partial charge in [-0.25, -0.2) is 9.97 Å². The SMILES string of the molecule is CCc1nccn1CCC(=O)NCC1CCN(C(=O)c2ncc[nH]c2=O)CC1. The molecule has 2 aromatic heterocycles. The second-order valence-electron chi connectivity index (χ2n) is 6.95. The summed E-state index contributed by atoms with van der Waals surface area (Å²) in [6, 6.07) is 0. The highest BCUT2D eigenvalue weighted by Gasteiger charge is 2.26. The fraction of sp³-hybridized carbons (Fsp3) is 0.526. The minimum Gasteiger partial charge on any atom is -0.356 e. The first-order valence-corrected chi connectivity index (χ1v) is 9.68. The second kappa shape index (κ2) is 9.29. The van der Waals surface area contributed by atoms with Gasteiger partial charge in [0, 0.05) is 63.8 Å². The highest BCUT2D eigenvalue weighted by molar-refractivity contribution is 5.91. The van der Waals surface area contributed by atoms with Gasteiger partial charge in [-0.15, -0.1) is 0 Å². The Morgan fingerprint density at radius 3 is 2.75 bits per heavy atom. The Hall–Kier alpha value is -2.97. The summed E-state index contributed by atoms with van der Waals surface area (Å²) in [5, 5.41) is 2.99. The Labute approximate surface area is 163 Å². The molecule has 0 atom stereocenters. The van der Waals surface area contributed by atoms with Crippen LogP contribution in [0.5, 0.6) is 0 Å². The van der Waals surface area contributed by atoms with Crippen molar-refractivity contribution in [1.29, 1.82) is 0 Å². The molecule has 1 aliphatic rings. The van der Waals surface area contributed by atoms with Crippen molar-refractivity contribution in [2.45, 2.75) is 39.2 Å². The van der Waals surface area contributed by atoms with Gasteiger partial charge in [-0.2, -0.15) is 0 Å². The number of imidazole rings is 1. The van der Waals surface area contributed by atoms with Crippen molar-refractivity contribution in [2.24, 2.45) is 5.92 Å². The number of nitrogens with one attached hydrogen (secondary N) is 2. The number of aromatic nitrogens is 4. The minimum absolute atomic E-state index is 0.0225. The van der Waals surface area contributed by atoms with Crippen LogP contribution in [-0.2, 0) is 17.8 Å². The lowest BCUT2D eigenvalue weighted by atomic mass is 9.96. The van der Waals surface area contributed by atoms with E-state index in [1.54, 1.807) is 11.1 Å². The maximum atomic E-state index is 12.4. The summed E-state index contributed by atoms with van der Waals surface area (Å²) in [5.41, 5.74) is -0.536. The van der Waals surface area contributed by atoms with Crippen molar-refractivity contribution < 1.29 is 9.59 Å². The largest absolute Gasteiger partial charge is 0.356 e. The molecule has 3 rings (SSSR count). The van der Waals surface area contributed by atoms with Gasteiger partial charge in [-0.3, -0.25) is 14.4 Å². The van der Waals surface area contributed by atoms with E-state index in [0.29, 0.717) is 38.5 Å². The normalized spacial score (nSPS) is 14.8. The summed E-state index contributed by atoms with van der Waals surface area (Å²) in [6.45, 7) is 4.39. The third-order valence-electron chi connectivity index (χ3n) is 5.10. The molecule has 2 N–H and O–H groups in total. The number of hydrogen-bond acceptors (Lipinski definition) is 5. The number of aromatic amines is 1. The number of hydrogen-bond donors (Lipinski definition) is 2. The van der Waals surface area contributed by atoms with Gasteiger partial charge in [0.15, 0.2) is 5.69 Å². The first-order chi connectivity index (χ1) is 13.6. The maximum absolute atomic E-state index is 12.4. The van der Waals surface area contributed by atoms with E-state index in [1.165, 1.54) is 12.4 Å². The molecule has 0 saturated carbocycles. The number of likely N-dealkylation sites (tertiary alicyclic amines) is 1. The van der Waals surface area contributed by atoms with Crippen LogP contribution >= 0.6 is 0 Å². The monoisotopic (exact) mass is 386 g/mol. The molecule has 9 heteroatoms. The third kappa shape index (κ3) is 4.85. The molecule has 2 amide bonds. The molecule has 0 radical (unpaired) electrons. The van der Waals surface area contributed by atoms with Crippen LogP contribution in [-0.4, -0.2) is 55.9 Å². The fourth-order valence-corrected chi connectivity index (χ4v) is 3.42. The Morgan fingerprint density at radius 2 is 2.04 bits per heavy atom. The number of aryl methyl sites for hydroxylation is 2. The first kappa shape index (κ1) is 19.8. The van der Waals surface area contributed by atoms with E-state index in [2.05, 4.69) is 20.3 Å². The van der Waals surface area contributed by atoms with Gasteiger partial charge < -0.3 is 19.8 Å². The van der Waals surface area contributed by atoms with Crippen molar-refractivity contribution in [2.75, 3.05) is 19.6 Å². The Kier molecular flexibility index (Phi) is 6.57. The first-order valence-electron chi connectivity index (χ1n) is 9.68. The zero-order chi connectivity index (χ0) is 19.9. The standard InChI is InChI=1S/C19H26N6O3/c1-2-15-20-8-12-24(15)11-5-16(26)23-13-14-3-9-25(10-4-14)19(28)17-18(27)22-7-6-21-17/h6-8,12,14H,2-5,9-11,13H2,1H3,(H,22,27)(H,23,26). The van der Waals surface area contributed by atoms with E-state index >= 15 is 0 Å². The van der Waals surface area contributed by atoms with Crippen LogP contribution in [0.4, 0.5) is 0 Å². The van der Waals surface area contributed by atoms with E-state index < -0.39 is 5.56 Å². The molecule has 150 valence electrons. The van der Waals surface area contributed by atoms with E-state index in [9.17, 15) is 14.4 Å². The predicted molar refractivity (Wildman–Crippen MR) is 103 cm³/mol. The van der Waals surface area contributed by atoms with Gasteiger partial charge in [0.25, 0.3) is 11.5 Å². The molecule has 9 nitrogen and oxygen atoms in total. The highest BCUT2D eigenvalue weighted by atomic mass is 16.2. The molecule has 0 aromatic carbocycles. The van der Waals surface area contributed by atoms with Gasteiger partial charge >= 0.3 is 0 Å². The van der Waals surface area contributed by atoms with Crippen molar-refractivity contribution in [3.8, 4) is 0 Å². The van der Waals surface area contributed by atoms with E-state index in [-0.39, 0.29) is 17.5 Å². The van der Waals surface area contributed by atoms with Crippen LogP contribution in [0.2, 0.25) is 0 Å². The number of carbonyl (C=O) groups excluding carboxylic acids is 2. The van der Waals surface area contributed by atoms with Crippen molar-refractivity contribution in [1.82, 2.24) is 29.7 Å². The van der Waals surface area contributed by atoms with E-state index in [1.807, 2.05) is 17.7 Å². The van der Waals surface area contributed by atoms with Gasteiger partial charge in [0.05, 0.1) is 0 Å². The molecule has 3 heterocycles. The number of piperidine rings is 1. The highest BCUT2D eigenvalue weighted by Crippen LogP contribution is 2.17. The van der Waals surface area contributed by atoms with Crippen LogP contribution in [0.3, 0.4) is 0 Å². The summed E-state index contributed by atoms with van der Waals surface area (Å²) < 4.78 is 2.00. The smallest absolute Gasteiger partial charge is 0.279 e. The van der Waals surface area contributed by atoms with Crippen LogP contribution in [0.15, 0.2) is 29.6 Å². The molecule has 0 spiro atoms. The molecular formula is C19H26N6O3. The molecule has 28 heavy (non-hydrogen) atoms. The Bertz CT molecular complexity index is 866. The van der Waals surface area contributed by atoms with Crippen LogP contribution in [0.25, 0.3) is 0 Å². The molecule has 1 fully saturated rings. The average Bonchev–Trinajstić information content (AvgIpc) is 3.18. The quantitative estimate of drug-likeness (QED) is 0.723.